The van der Waals surface area contributed by atoms with E-state index in [1.807, 2.05) is 42.5 Å². The quantitative estimate of drug-likeness (QED) is 0.894. The maximum Gasteiger partial charge on any atom is 0.244 e. The fourth-order valence-electron chi connectivity index (χ4n) is 3.53. The second-order valence-corrected chi connectivity index (χ2v) is 6.63. The van der Waals surface area contributed by atoms with E-state index in [4.69, 9.17) is 0 Å². The molecular weight excluding hydrogens is 330 g/mol. The Labute approximate surface area is 151 Å². The van der Waals surface area contributed by atoms with Crippen molar-refractivity contribution >= 4 is 34.8 Å². The number of carbonyl (C=O) groups excluding carboxylic acids is 3. The molecule has 26 heavy (non-hydrogen) atoms. The number of nitrogens with zero attached hydrogens (tertiary/aromatic N) is 1. The molecule has 2 aromatic rings. The summed E-state index contributed by atoms with van der Waals surface area (Å²) in [5, 5.41) is 5.68. The van der Waals surface area contributed by atoms with Gasteiger partial charge in [-0.3, -0.25) is 14.4 Å². The predicted molar refractivity (Wildman–Crippen MR) is 98.9 cm³/mol. The second-order valence-electron chi connectivity index (χ2n) is 6.63. The van der Waals surface area contributed by atoms with E-state index in [0.717, 1.165) is 11.3 Å². The van der Waals surface area contributed by atoms with Crippen molar-refractivity contribution in [3.8, 4) is 0 Å². The number of nitrogens with one attached hydrogen (secondary N) is 2. The van der Waals surface area contributed by atoms with E-state index in [2.05, 4.69) is 10.6 Å². The van der Waals surface area contributed by atoms with Crippen molar-refractivity contribution in [1.29, 1.82) is 0 Å². The first-order valence-electron chi connectivity index (χ1n) is 8.70. The summed E-state index contributed by atoms with van der Waals surface area (Å²) in [5.74, 6) is -0.628. The summed E-state index contributed by atoms with van der Waals surface area (Å²) in [7, 11) is 0. The summed E-state index contributed by atoms with van der Waals surface area (Å²) in [6.45, 7) is 0.00947. The Kier molecular flexibility index (Phi) is 4.16. The zero-order valence-electron chi connectivity index (χ0n) is 14.2. The molecule has 0 saturated heterocycles. The van der Waals surface area contributed by atoms with Crippen molar-refractivity contribution < 1.29 is 14.4 Å². The maximum absolute atomic E-state index is 12.7. The van der Waals surface area contributed by atoms with Crippen LogP contribution in [0.2, 0.25) is 0 Å². The lowest BCUT2D eigenvalue weighted by Gasteiger charge is -2.30. The van der Waals surface area contributed by atoms with Gasteiger partial charge in [-0.2, -0.15) is 0 Å². The molecule has 0 aromatic heterocycles. The van der Waals surface area contributed by atoms with Gasteiger partial charge < -0.3 is 15.5 Å². The van der Waals surface area contributed by atoms with Crippen LogP contribution in [-0.2, 0) is 20.8 Å². The molecule has 6 heteroatoms. The predicted octanol–water partition coefficient (Wildman–Crippen LogP) is 2.56. The molecule has 0 bridgehead atoms. The first kappa shape index (κ1) is 16.3. The van der Waals surface area contributed by atoms with Crippen LogP contribution >= 0.6 is 0 Å². The van der Waals surface area contributed by atoms with Crippen molar-refractivity contribution in [2.45, 2.75) is 19.3 Å². The molecule has 1 atom stereocenters. The molecule has 2 heterocycles. The van der Waals surface area contributed by atoms with E-state index in [-0.39, 0.29) is 36.6 Å². The van der Waals surface area contributed by atoms with Gasteiger partial charge in [-0.25, -0.2) is 0 Å². The monoisotopic (exact) mass is 349 g/mol. The lowest BCUT2D eigenvalue weighted by molar-refractivity contribution is -0.123. The lowest BCUT2D eigenvalue weighted by Crippen LogP contribution is -2.42. The standard InChI is InChI=1S/C20H19N3O3/c24-18-12-23(17-8-4-3-7-16(17)21-18)19(25)10-9-14-11-13-5-1-2-6-15(13)22-20(14)26/h1-8,14H,9-12H2,(H,21,24)(H,22,26). The molecule has 6 nitrogen and oxygen atoms in total. The molecule has 0 spiro atoms. The van der Waals surface area contributed by atoms with Gasteiger partial charge in [-0.15, -0.1) is 0 Å². The van der Waals surface area contributed by atoms with Gasteiger partial charge >= 0.3 is 0 Å². The van der Waals surface area contributed by atoms with Gasteiger partial charge in [0.1, 0.15) is 6.54 Å². The van der Waals surface area contributed by atoms with Gasteiger partial charge in [-0.05, 0) is 36.6 Å². The van der Waals surface area contributed by atoms with Crippen LogP contribution < -0.4 is 15.5 Å². The number of benzene rings is 2. The van der Waals surface area contributed by atoms with Gasteiger partial charge in [0.05, 0.1) is 11.4 Å². The number of hydrogen-bond acceptors (Lipinski definition) is 3. The smallest absolute Gasteiger partial charge is 0.244 e. The van der Waals surface area contributed by atoms with Crippen LogP contribution in [0.3, 0.4) is 0 Å². The average Bonchev–Trinajstić information content (AvgIpc) is 2.65. The summed E-state index contributed by atoms with van der Waals surface area (Å²) < 4.78 is 0. The van der Waals surface area contributed by atoms with Gasteiger partial charge in [0.2, 0.25) is 17.7 Å². The third kappa shape index (κ3) is 3.06. The zero-order chi connectivity index (χ0) is 18.1. The number of amides is 3. The van der Waals surface area contributed by atoms with E-state index >= 15 is 0 Å². The third-order valence-electron chi connectivity index (χ3n) is 4.89. The molecule has 0 aliphatic carbocycles. The number of carbonyl (C=O) groups is 3. The summed E-state index contributed by atoms with van der Waals surface area (Å²) in [6, 6.07) is 15.0. The van der Waals surface area contributed by atoms with Crippen molar-refractivity contribution in [3.63, 3.8) is 0 Å². The van der Waals surface area contributed by atoms with Crippen molar-refractivity contribution in [2.75, 3.05) is 22.1 Å². The summed E-state index contributed by atoms with van der Waals surface area (Å²) in [6.07, 6.45) is 1.31. The number of hydrogen-bond donors (Lipinski definition) is 2. The Morgan fingerprint density at radius 3 is 2.58 bits per heavy atom. The molecule has 0 saturated carbocycles. The van der Waals surface area contributed by atoms with E-state index in [1.165, 1.54) is 4.90 Å². The van der Waals surface area contributed by atoms with Gasteiger partial charge in [0, 0.05) is 18.0 Å². The third-order valence-corrected chi connectivity index (χ3v) is 4.89. The number of para-hydroxylation sites is 3. The van der Waals surface area contributed by atoms with Crippen LogP contribution in [-0.4, -0.2) is 24.3 Å². The number of anilines is 3. The minimum Gasteiger partial charge on any atom is -0.326 e. The Morgan fingerprint density at radius 1 is 1.00 bits per heavy atom. The molecule has 2 aliphatic heterocycles. The van der Waals surface area contributed by atoms with Crippen LogP contribution in [0.15, 0.2) is 48.5 Å². The highest BCUT2D eigenvalue weighted by Crippen LogP contribution is 2.31. The fourth-order valence-corrected chi connectivity index (χ4v) is 3.53. The summed E-state index contributed by atoms with van der Waals surface area (Å²) >= 11 is 0. The van der Waals surface area contributed by atoms with E-state index in [9.17, 15) is 14.4 Å². The van der Waals surface area contributed by atoms with Crippen LogP contribution in [0.5, 0.6) is 0 Å². The molecule has 4 rings (SSSR count). The highest BCUT2D eigenvalue weighted by Gasteiger charge is 2.30. The van der Waals surface area contributed by atoms with Crippen LogP contribution in [0.4, 0.5) is 17.1 Å². The number of rotatable bonds is 3. The molecule has 2 aliphatic rings. The molecular formula is C20H19N3O3. The van der Waals surface area contributed by atoms with Crippen molar-refractivity contribution in [3.05, 3.63) is 54.1 Å². The van der Waals surface area contributed by atoms with E-state index < -0.39 is 0 Å². The molecule has 132 valence electrons. The topological polar surface area (TPSA) is 78.5 Å². The van der Waals surface area contributed by atoms with Crippen molar-refractivity contribution in [1.82, 2.24) is 0 Å². The highest BCUT2D eigenvalue weighted by molar-refractivity contribution is 6.10. The second kappa shape index (κ2) is 6.63. The highest BCUT2D eigenvalue weighted by atomic mass is 16.2. The molecule has 0 fully saturated rings. The Morgan fingerprint density at radius 2 is 1.73 bits per heavy atom. The van der Waals surface area contributed by atoms with E-state index in [0.29, 0.717) is 24.2 Å². The molecule has 2 aromatic carbocycles. The Bertz CT molecular complexity index is 893. The molecule has 3 amide bonds. The minimum atomic E-state index is -0.234. The van der Waals surface area contributed by atoms with Gasteiger partial charge in [-0.1, -0.05) is 30.3 Å². The molecule has 2 N–H and O–H groups in total. The Hall–Kier alpha value is -3.15. The lowest BCUT2D eigenvalue weighted by atomic mass is 9.89. The zero-order valence-corrected chi connectivity index (χ0v) is 14.2. The normalized spacial score (nSPS) is 18.5. The largest absolute Gasteiger partial charge is 0.326 e. The van der Waals surface area contributed by atoms with E-state index in [1.54, 1.807) is 6.07 Å². The summed E-state index contributed by atoms with van der Waals surface area (Å²) in [5.41, 5.74) is 3.28. The summed E-state index contributed by atoms with van der Waals surface area (Å²) in [4.78, 5) is 38.4. The average molecular weight is 349 g/mol. The fraction of sp³-hybridized carbons (Fsp3) is 0.250. The van der Waals surface area contributed by atoms with Gasteiger partial charge in [0.15, 0.2) is 0 Å². The van der Waals surface area contributed by atoms with Crippen LogP contribution in [0.1, 0.15) is 18.4 Å². The number of fused-ring (bicyclic) bond motifs is 2. The minimum absolute atomic E-state index is 0.00947. The SMILES string of the molecule is O=C1CN(C(=O)CCC2Cc3ccccc3NC2=O)c2ccccc2N1. The molecule has 1 unspecified atom stereocenters. The first-order valence-corrected chi connectivity index (χ1v) is 8.70. The van der Waals surface area contributed by atoms with Crippen molar-refractivity contribution in [2.24, 2.45) is 5.92 Å². The maximum atomic E-state index is 12.7. The first-order chi connectivity index (χ1) is 12.6. The van der Waals surface area contributed by atoms with Crippen LogP contribution in [0, 0.1) is 5.92 Å². The van der Waals surface area contributed by atoms with Crippen LogP contribution in [0.25, 0.3) is 0 Å². The molecule has 0 radical (unpaired) electrons. The van der Waals surface area contributed by atoms with Gasteiger partial charge in [0.25, 0.3) is 0 Å². The Balaban J connectivity index is 1.45.